The lowest BCUT2D eigenvalue weighted by Crippen LogP contribution is -2.20. The molecule has 20 heavy (non-hydrogen) atoms. The third kappa shape index (κ3) is 3.24. The summed E-state index contributed by atoms with van der Waals surface area (Å²) in [7, 11) is -2.03. The van der Waals surface area contributed by atoms with Crippen molar-refractivity contribution in [1.29, 1.82) is 0 Å². The molecular formula is C14H23N3O2S. The standard InChI is InChI=1S/C14H23N3O2S/c1-10-4-3-5-11(10)9-17-14-8-12(6-7-13(14)15)20(18,19)16-2/h6-8,10-11,16-17H,3-5,9,15H2,1-2H3. The zero-order valence-electron chi connectivity index (χ0n) is 12.0. The van der Waals surface area contributed by atoms with Gasteiger partial charge in [-0.3, -0.25) is 0 Å². The third-order valence-corrected chi connectivity index (χ3v) is 5.61. The molecule has 1 aliphatic rings. The molecule has 5 nitrogen and oxygen atoms in total. The first-order valence-corrected chi connectivity index (χ1v) is 8.49. The van der Waals surface area contributed by atoms with Crippen LogP contribution in [0.1, 0.15) is 26.2 Å². The smallest absolute Gasteiger partial charge is 0.240 e. The minimum absolute atomic E-state index is 0.233. The van der Waals surface area contributed by atoms with Crippen molar-refractivity contribution in [2.24, 2.45) is 11.8 Å². The van der Waals surface area contributed by atoms with E-state index in [0.717, 1.165) is 6.54 Å². The number of hydrogen-bond acceptors (Lipinski definition) is 4. The zero-order valence-corrected chi connectivity index (χ0v) is 12.8. The molecule has 6 heteroatoms. The van der Waals surface area contributed by atoms with Gasteiger partial charge in [0.05, 0.1) is 16.3 Å². The highest BCUT2D eigenvalue weighted by atomic mass is 32.2. The second kappa shape index (κ2) is 6.01. The van der Waals surface area contributed by atoms with Crippen molar-refractivity contribution in [3.63, 3.8) is 0 Å². The van der Waals surface area contributed by atoms with Crippen LogP contribution in [0.3, 0.4) is 0 Å². The number of benzene rings is 1. The summed E-state index contributed by atoms with van der Waals surface area (Å²) >= 11 is 0. The van der Waals surface area contributed by atoms with Crippen molar-refractivity contribution in [3.8, 4) is 0 Å². The van der Waals surface area contributed by atoms with Gasteiger partial charge in [-0.15, -0.1) is 0 Å². The number of nitrogen functional groups attached to an aromatic ring is 1. The van der Waals surface area contributed by atoms with E-state index in [4.69, 9.17) is 5.73 Å². The van der Waals surface area contributed by atoms with Crippen LogP contribution < -0.4 is 15.8 Å². The molecule has 0 spiro atoms. The van der Waals surface area contributed by atoms with Crippen LogP contribution in [-0.4, -0.2) is 22.0 Å². The minimum atomic E-state index is -3.43. The average molecular weight is 297 g/mol. The van der Waals surface area contributed by atoms with E-state index in [1.165, 1.54) is 32.4 Å². The van der Waals surface area contributed by atoms with E-state index in [9.17, 15) is 8.42 Å². The second-order valence-electron chi connectivity index (χ2n) is 5.51. The maximum atomic E-state index is 11.8. The molecule has 0 aliphatic heterocycles. The summed E-state index contributed by atoms with van der Waals surface area (Å²) in [4.78, 5) is 0.233. The van der Waals surface area contributed by atoms with Gasteiger partial charge >= 0.3 is 0 Å². The van der Waals surface area contributed by atoms with Crippen molar-refractivity contribution in [2.75, 3.05) is 24.6 Å². The number of anilines is 2. The minimum Gasteiger partial charge on any atom is -0.397 e. The molecule has 0 saturated heterocycles. The van der Waals surface area contributed by atoms with Gasteiger partial charge in [-0.1, -0.05) is 19.8 Å². The Morgan fingerprint density at radius 2 is 2.10 bits per heavy atom. The van der Waals surface area contributed by atoms with Gasteiger partial charge in [0, 0.05) is 6.54 Å². The van der Waals surface area contributed by atoms with Gasteiger partial charge in [-0.25, -0.2) is 13.1 Å². The predicted octanol–water partition coefficient (Wildman–Crippen LogP) is 2.02. The largest absolute Gasteiger partial charge is 0.397 e. The molecule has 0 radical (unpaired) electrons. The summed E-state index contributed by atoms with van der Waals surface area (Å²) in [6.45, 7) is 3.11. The van der Waals surface area contributed by atoms with Gasteiger partial charge in [-0.2, -0.15) is 0 Å². The molecule has 4 N–H and O–H groups in total. The van der Waals surface area contributed by atoms with Crippen LogP contribution >= 0.6 is 0 Å². The molecule has 2 atom stereocenters. The summed E-state index contributed by atoms with van der Waals surface area (Å²) in [6, 6.07) is 4.75. The maximum absolute atomic E-state index is 11.8. The number of hydrogen-bond donors (Lipinski definition) is 3. The normalized spacial score (nSPS) is 22.9. The van der Waals surface area contributed by atoms with Gasteiger partial charge < -0.3 is 11.1 Å². The Labute approximate surface area is 121 Å². The first-order valence-electron chi connectivity index (χ1n) is 7.01. The number of sulfonamides is 1. The summed E-state index contributed by atoms with van der Waals surface area (Å²) in [5, 5.41) is 3.30. The van der Waals surface area contributed by atoms with Crippen molar-refractivity contribution >= 4 is 21.4 Å². The summed E-state index contributed by atoms with van der Waals surface area (Å²) < 4.78 is 25.9. The number of nitrogens with one attached hydrogen (secondary N) is 2. The van der Waals surface area contributed by atoms with Crippen LogP contribution in [-0.2, 0) is 10.0 Å². The van der Waals surface area contributed by atoms with Crippen molar-refractivity contribution in [3.05, 3.63) is 18.2 Å². The van der Waals surface area contributed by atoms with Gasteiger partial charge in [0.2, 0.25) is 10.0 Å². The van der Waals surface area contributed by atoms with Crippen molar-refractivity contribution < 1.29 is 8.42 Å². The van der Waals surface area contributed by atoms with E-state index < -0.39 is 10.0 Å². The Bertz CT molecular complexity index is 572. The molecule has 1 aliphatic carbocycles. The first-order chi connectivity index (χ1) is 9.44. The van der Waals surface area contributed by atoms with Crippen LogP contribution in [0.25, 0.3) is 0 Å². The highest BCUT2D eigenvalue weighted by molar-refractivity contribution is 7.89. The second-order valence-corrected chi connectivity index (χ2v) is 7.39. The molecule has 2 rings (SSSR count). The van der Waals surface area contributed by atoms with Gasteiger partial charge in [0.1, 0.15) is 0 Å². The zero-order chi connectivity index (χ0) is 14.8. The van der Waals surface area contributed by atoms with E-state index in [-0.39, 0.29) is 4.90 Å². The van der Waals surface area contributed by atoms with E-state index in [1.54, 1.807) is 12.1 Å². The first kappa shape index (κ1) is 15.1. The number of nitrogens with two attached hydrogens (primary N) is 1. The van der Waals surface area contributed by atoms with Crippen molar-refractivity contribution in [2.45, 2.75) is 31.1 Å². The summed E-state index contributed by atoms with van der Waals surface area (Å²) in [5.41, 5.74) is 7.19. The van der Waals surface area contributed by atoms with Crippen LogP contribution in [0.5, 0.6) is 0 Å². The van der Waals surface area contributed by atoms with Gasteiger partial charge in [0.15, 0.2) is 0 Å². The fraction of sp³-hybridized carbons (Fsp3) is 0.571. The van der Waals surface area contributed by atoms with Crippen LogP contribution in [0, 0.1) is 11.8 Å². The molecule has 0 bridgehead atoms. The quantitative estimate of drug-likeness (QED) is 0.726. The molecule has 0 amide bonds. The fourth-order valence-electron chi connectivity index (χ4n) is 2.74. The molecule has 1 aromatic carbocycles. The van der Waals surface area contributed by atoms with Gasteiger partial charge in [0.25, 0.3) is 0 Å². The van der Waals surface area contributed by atoms with Gasteiger partial charge in [-0.05, 0) is 43.5 Å². The SMILES string of the molecule is CNS(=O)(=O)c1ccc(N)c(NCC2CCCC2C)c1. The lowest BCUT2D eigenvalue weighted by Gasteiger charge is -2.18. The topological polar surface area (TPSA) is 84.2 Å². The monoisotopic (exact) mass is 297 g/mol. The van der Waals surface area contributed by atoms with E-state index in [1.807, 2.05) is 0 Å². The lowest BCUT2D eigenvalue weighted by molar-refractivity contribution is 0.440. The molecule has 1 aromatic rings. The van der Waals surface area contributed by atoms with E-state index >= 15 is 0 Å². The Hall–Kier alpha value is -1.27. The van der Waals surface area contributed by atoms with Crippen molar-refractivity contribution in [1.82, 2.24) is 4.72 Å². The molecular weight excluding hydrogens is 274 g/mol. The van der Waals surface area contributed by atoms with Crippen LogP contribution in [0.2, 0.25) is 0 Å². The summed E-state index contributed by atoms with van der Waals surface area (Å²) in [6.07, 6.45) is 3.77. The Morgan fingerprint density at radius 1 is 1.35 bits per heavy atom. The lowest BCUT2D eigenvalue weighted by atomic mass is 9.98. The predicted molar refractivity (Wildman–Crippen MR) is 82.1 cm³/mol. The van der Waals surface area contributed by atoms with Crippen LogP contribution in [0.4, 0.5) is 11.4 Å². The molecule has 112 valence electrons. The highest BCUT2D eigenvalue weighted by Crippen LogP contribution is 2.32. The van der Waals surface area contributed by atoms with Crippen LogP contribution in [0.15, 0.2) is 23.1 Å². The average Bonchev–Trinajstić information content (AvgIpc) is 2.83. The molecule has 0 aromatic heterocycles. The highest BCUT2D eigenvalue weighted by Gasteiger charge is 2.23. The molecule has 1 fully saturated rings. The Balaban J connectivity index is 2.13. The Morgan fingerprint density at radius 3 is 2.70 bits per heavy atom. The fourth-order valence-corrected chi connectivity index (χ4v) is 3.50. The summed E-state index contributed by atoms with van der Waals surface area (Å²) in [5.74, 6) is 1.35. The molecule has 0 heterocycles. The molecule has 2 unspecified atom stereocenters. The Kier molecular flexibility index (Phi) is 4.55. The maximum Gasteiger partial charge on any atom is 0.240 e. The molecule has 1 saturated carbocycles. The van der Waals surface area contributed by atoms with E-state index in [0.29, 0.717) is 23.2 Å². The number of rotatable bonds is 5. The van der Waals surface area contributed by atoms with E-state index in [2.05, 4.69) is 17.0 Å². The third-order valence-electron chi connectivity index (χ3n) is 4.20.